The highest BCUT2D eigenvalue weighted by Crippen LogP contribution is 2.32. The van der Waals surface area contributed by atoms with Crippen molar-refractivity contribution in [2.45, 2.75) is 25.7 Å². The van der Waals surface area contributed by atoms with Crippen molar-refractivity contribution in [1.29, 1.82) is 0 Å². The van der Waals surface area contributed by atoms with Crippen LogP contribution in [0.1, 0.15) is 40.3 Å². The molecule has 0 atom stereocenters. The fraction of sp³-hybridized carbons (Fsp3) is 0.235. The van der Waals surface area contributed by atoms with Crippen molar-refractivity contribution in [2.75, 3.05) is 0 Å². The number of carbonyl (C=O) groups is 1. The summed E-state index contributed by atoms with van der Waals surface area (Å²) in [5, 5.41) is 23.4. The van der Waals surface area contributed by atoms with Crippen LogP contribution in [-0.2, 0) is 12.8 Å². The van der Waals surface area contributed by atoms with Crippen molar-refractivity contribution in [1.82, 2.24) is 25.2 Å². The van der Waals surface area contributed by atoms with E-state index in [4.69, 9.17) is 0 Å². The fourth-order valence-corrected chi connectivity index (χ4v) is 3.30. The number of fused-ring (bicyclic) bond motifs is 1. The maximum atomic E-state index is 13.1. The molecule has 2 N–H and O–H groups in total. The normalized spacial score (nSPS) is 13.4. The molecule has 0 radical (unpaired) electrons. The molecule has 0 saturated carbocycles. The van der Waals surface area contributed by atoms with Gasteiger partial charge in [0, 0.05) is 16.9 Å². The van der Waals surface area contributed by atoms with Gasteiger partial charge in [0.25, 0.3) is 5.56 Å². The number of tetrazole rings is 1. The quantitative estimate of drug-likeness (QED) is 0.693. The van der Waals surface area contributed by atoms with Crippen LogP contribution in [0.25, 0.3) is 5.69 Å². The monoisotopic (exact) mass is 337 g/mol. The highest BCUT2D eigenvalue weighted by molar-refractivity contribution is 6.08. The summed E-state index contributed by atoms with van der Waals surface area (Å²) >= 11 is 0. The molecule has 4 rings (SSSR count). The van der Waals surface area contributed by atoms with E-state index < -0.39 is 11.3 Å². The maximum Gasteiger partial charge on any atom is 0.270 e. The van der Waals surface area contributed by atoms with Crippen molar-refractivity contribution < 1.29 is 9.90 Å². The van der Waals surface area contributed by atoms with Gasteiger partial charge in [-0.15, -0.1) is 10.2 Å². The van der Waals surface area contributed by atoms with E-state index in [0.717, 1.165) is 18.5 Å². The minimum atomic E-state index is -0.741. The maximum absolute atomic E-state index is 13.1. The van der Waals surface area contributed by atoms with Crippen molar-refractivity contribution >= 4 is 5.78 Å². The van der Waals surface area contributed by atoms with Crippen LogP contribution in [0.15, 0.2) is 35.1 Å². The van der Waals surface area contributed by atoms with Gasteiger partial charge >= 0.3 is 0 Å². The van der Waals surface area contributed by atoms with Gasteiger partial charge in [0.1, 0.15) is 11.3 Å². The Morgan fingerprint density at radius 2 is 1.92 bits per heavy atom. The molecule has 0 saturated heterocycles. The highest BCUT2D eigenvalue weighted by atomic mass is 16.3. The molecule has 1 aliphatic carbocycles. The molecular weight excluding hydrogens is 322 g/mol. The second-order valence-corrected chi connectivity index (χ2v) is 5.90. The highest BCUT2D eigenvalue weighted by Gasteiger charge is 2.29. The second-order valence-electron chi connectivity index (χ2n) is 5.90. The largest absolute Gasteiger partial charge is 0.507 e. The van der Waals surface area contributed by atoms with Gasteiger partial charge in [0.05, 0.1) is 0 Å². The number of nitrogens with zero attached hydrogens (tertiary/aromatic N) is 4. The molecule has 25 heavy (non-hydrogen) atoms. The van der Waals surface area contributed by atoms with E-state index in [1.165, 1.54) is 4.57 Å². The molecule has 0 fully saturated rings. The third-order valence-corrected chi connectivity index (χ3v) is 4.44. The number of aromatic nitrogens is 5. The van der Waals surface area contributed by atoms with Gasteiger partial charge in [0.2, 0.25) is 11.6 Å². The average molecular weight is 337 g/mol. The third-order valence-electron chi connectivity index (χ3n) is 4.44. The Morgan fingerprint density at radius 3 is 2.64 bits per heavy atom. The minimum absolute atomic E-state index is 0.247. The molecule has 8 heteroatoms. The van der Waals surface area contributed by atoms with Crippen molar-refractivity contribution in [3.8, 4) is 11.4 Å². The summed E-state index contributed by atoms with van der Waals surface area (Å²) < 4.78 is 1.52. The SMILES string of the molecule is O=C(c1nn[nH]n1)c1c(O)c2c(n(-c3ccccc3)c1=O)CCCC2. The Balaban J connectivity index is 2.03. The number of hydrogen-bond acceptors (Lipinski definition) is 6. The number of ketones is 1. The number of hydrogen-bond donors (Lipinski definition) is 2. The van der Waals surface area contributed by atoms with Gasteiger partial charge in [-0.05, 0) is 43.0 Å². The van der Waals surface area contributed by atoms with Crippen LogP contribution in [0.3, 0.4) is 0 Å². The summed E-state index contributed by atoms with van der Waals surface area (Å²) in [6, 6.07) is 9.10. The second kappa shape index (κ2) is 5.97. The van der Waals surface area contributed by atoms with Crippen LogP contribution in [-0.4, -0.2) is 36.1 Å². The molecule has 0 spiro atoms. The summed E-state index contributed by atoms with van der Waals surface area (Å²) in [5.41, 5.74) is 1.17. The smallest absolute Gasteiger partial charge is 0.270 e. The lowest BCUT2D eigenvalue weighted by molar-refractivity contribution is 0.102. The van der Waals surface area contributed by atoms with E-state index in [-0.39, 0.29) is 17.1 Å². The van der Waals surface area contributed by atoms with Crippen molar-refractivity contribution in [2.24, 2.45) is 0 Å². The first-order valence-electron chi connectivity index (χ1n) is 8.01. The Bertz CT molecular complexity index is 993. The molecule has 1 aliphatic rings. The number of rotatable bonds is 3. The first-order chi connectivity index (χ1) is 12.2. The lowest BCUT2D eigenvalue weighted by atomic mass is 9.92. The molecule has 126 valence electrons. The van der Waals surface area contributed by atoms with Crippen LogP contribution in [0.2, 0.25) is 0 Å². The van der Waals surface area contributed by atoms with E-state index in [9.17, 15) is 14.7 Å². The molecule has 8 nitrogen and oxygen atoms in total. The molecule has 2 heterocycles. The van der Waals surface area contributed by atoms with Gasteiger partial charge in [-0.2, -0.15) is 5.21 Å². The molecule has 0 amide bonds. The minimum Gasteiger partial charge on any atom is -0.507 e. The molecular formula is C17H15N5O3. The average Bonchev–Trinajstić information content (AvgIpc) is 3.17. The molecule has 3 aromatic rings. The zero-order valence-corrected chi connectivity index (χ0v) is 13.3. The number of pyridine rings is 1. The van der Waals surface area contributed by atoms with Crippen LogP contribution < -0.4 is 5.56 Å². The lowest BCUT2D eigenvalue weighted by Gasteiger charge is -2.23. The van der Waals surface area contributed by atoms with E-state index >= 15 is 0 Å². The molecule has 2 aromatic heterocycles. The van der Waals surface area contributed by atoms with Crippen molar-refractivity contribution in [3.63, 3.8) is 0 Å². The summed E-state index contributed by atoms with van der Waals surface area (Å²) in [5.74, 6) is -1.25. The van der Waals surface area contributed by atoms with E-state index in [2.05, 4.69) is 20.6 Å². The Hall–Kier alpha value is -3.29. The molecule has 0 aliphatic heterocycles. The number of para-hydroxylation sites is 1. The standard InChI is InChI=1S/C17H15N5O3/c23-14-11-8-4-5-9-12(11)22(10-6-2-1-3-7-10)17(25)13(14)15(24)16-18-20-21-19-16/h1-3,6-7,23H,4-5,8-9H2,(H,18,19,20,21). The predicted molar refractivity (Wildman–Crippen MR) is 88.0 cm³/mol. The van der Waals surface area contributed by atoms with Gasteiger partial charge in [0.15, 0.2) is 0 Å². The van der Waals surface area contributed by atoms with E-state index in [1.807, 2.05) is 18.2 Å². The third kappa shape index (κ3) is 2.42. The van der Waals surface area contributed by atoms with Gasteiger partial charge < -0.3 is 5.11 Å². The van der Waals surface area contributed by atoms with Crippen molar-refractivity contribution in [3.05, 3.63) is 63.3 Å². The topological polar surface area (TPSA) is 114 Å². The number of nitrogens with one attached hydrogen (secondary N) is 1. The Morgan fingerprint density at radius 1 is 1.16 bits per heavy atom. The first kappa shape index (κ1) is 15.3. The first-order valence-corrected chi connectivity index (χ1v) is 8.01. The van der Waals surface area contributed by atoms with Crippen LogP contribution >= 0.6 is 0 Å². The van der Waals surface area contributed by atoms with Crippen LogP contribution in [0, 0.1) is 0 Å². The Kier molecular flexibility index (Phi) is 3.64. The van der Waals surface area contributed by atoms with Crippen LogP contribution in [0.5, 0.6) is 5.75 Å². The molecule has 0 unspecified atom stereocenters. The van der Waals surface area contributed by atoms with Crippen LogP contribution in [0.4, 0.5) is 0 Å². The number of aromatic amines is 1. The summed E-state index contributed by atoms with van der Waals surface area (Å²) in [6.07, 6.45) is 3.10. The fourth-order valence-electron chi connectivity index (χ4n) is 3.30. The van der Waals surface area contributed by atoms with E-state index in [0.29, 0.717) is 24.1 Å². The predicted octanol–water partition coefficient (Wildman–Crippen LogP) is 1.17. The molecule has 0 bridgehead atoms. The van der Waals surface area contributed by atoms with Gasteiger partial charge in [-0.1, -0.05) is 18.2 Å². The summed E-state index contributed by atoms with van der Waals surface area (Å²) in [7, 11) is 0. The number of H-pyrrole nitrogens is 1. The number of carbonyl (C=O) groups excluding carboxylic acids is 1. The zero-order valence-electron chi connectivity index (χ0n) is 13.3. The molecule has 1 aromatic carbocycles. The van der Waals surface area contributed by atoms with E-state index in [1.54, 1.807) is 12.1 Å². The summed E-state index contributed by atoms with van der Waals surface area (Å²) in [4.78, 5) is 25.8. The zero-order chi connectivity index (χ0) is 17.4. The lowest BCUT2D eigenvalue weighted by Crippen LogP contribution is -2.31. The number of benzene rings is 1. The summed E-state index contributed by atoms with van der Waals surface area (Å²) in [6.45, 7) is 0. The Labute approximate surface area is 142 Å². The van der Waals surface area contributed by atoms with Gasteiger partial charge in [-0.25, -0.2) is 0 Å². The number of aromatic hydroxyl groups is 1. The van der Waals surface area contributed by atoms with Gasteiger partial charge in [-0.3, -0.25) is 14.2 Å².